The van der Waals surface area contributed by atoms with Gasteiger partial charge in [-0.15, -0.1) is 0 Å². The highest BCUT2D eigenvalue weighted by atomic mass is 31.2. The summed E-state index contributed by atoms with van der Waals surface area (Å²) >= 11 is 0. The van der Waals surface area contributed by atoms with E-state index in [1.165, 1.54) is 21.8 Å². The summed E-state index contributed by atoms with van der Waals surface area (Å²) < 4.78 is 36.8. The molecule has 6 rings (SSSR count). The zero-order valence-corrected chi connectivity index (χ0v) is 22.8. The van der Waals surface area contributed by atoms with Gasteiger partial charge in [0.05, 0.1) is 25.9 Å². The predicted octanol–water partition coefficient (Wildman–Crippen LogP) is -3.34. The van der Waals surface area contributed by atoms with Crippen molar-refractivity contribution >= 4 is 41.9 Å². The second-order valence-corrected chi connectivity index (χ2v) is 10.9. The van der Waals surface area contributed by atoms with Gasteiger partial charge in [-0.2, -0.15) is 4.98 Å². The maximum Gasteiger partial charge on any atom is 0.472 e. The molecular formula is C20H28N11O11P. The fourth-order valence-electron chi connectivity index (χ4n) is 4.86. The van der Waals surface area contributed by atoms with Crippen molar-refractivity contribution in [1.82, 2.24) is 45.2 Å². The van der Waals surface area contributed by atoms with Crippen LogP contribution in [0.2, 0.25) is 0 Å². The largest absolute Gasteiger partial charge is 0.472 e. The van der Waals surface area contributed by atoms with Gasteiger partial charge >= 0.3 is 7.82 Å². The molecule has 234 valence electrons. The normalized spacial score (nSPS) is 30.5. The zero-order valence-electron chi connectivity index (χ0n) is 21.9. The van der Waals surface area contributed by atoms with E-state index in [1.54, 1.807) is 0 Å². The Balaban J connectivity index is 0.00000368. The quantitative estimate of drug-likeness (QED) is 0.0859. The number of phosphoric acid groups is 1. The zero-order chi connectivity index (χ0) is 29.9. The maximum absolute atomic E-state index is 12.9. The molecule has 0 radical (unpaired) electrons. The van der Waals surface area contributed by atoms with Gasteiger partial charge in [-0.25, -0.2) is 24.5 Å². The molecule has 2 aliphatic rings. The van der Waals surface area contributed by atoms with Crippen LogP contribution in [0.1, 0.15) is 12.5 Å². The molecule has 9 unspecified atom stereocenters. The highest BCUT2D eigenvalue weighted by Crippen LogP contribution is 2.49. The van der Waals surface area contributed by atoms with Crippen molar-refractivity contribution in [3.05, 3.63) is 29.3 Å². The molecule has 6 heterocycles. The van der Waals surface area contributed by atoms with Crippen molar-refractivity contribution in [2.45, 2.75) is 49.1 Å². The van der Waals surface area contributed by atoms with Crippen molar-refractivity contribution in [1.29, 1.82) is 0 Å². The highest BCUT2D eigenvalue weighted by molar-refractivity contribution is 7.47. The van der Waals surface area contributed by atoms with E-state index in [-0.39, 0.29) is 40.2 Å². The smallest absolute Gasteiger partial charge is 0.394 e. The molecule has 2 saturated heterocycles. The minimum Gasteiger partial charge on any atom is -0.394 e. The van der Waals surface area contributed by atoms with Crippen molar-refractivity contribution in [3.8, 4) is 0 Å². The molecule has 2 aliphatic heterocycles. The molecule has 0 aliphatic carbocycles. The van der Waals surface area contributed by atoms with E-state index in [1.807, 2.05) is 0 Å². The van der Waals surface area contributed by atoms with E-state index in [2.05, 4.69) is 29.9 Å². The number of imidazole rings is 2. The monoisotopic (exact) mass is 629 g/mol. The minimum atomic E-state index is -5.01. The van der Waals surface area contributed by atoms with Crippen LogP contribution in [0.3, 0.4) is 0 Å². The summed E-state index contributed by atoms with van der Waals surface area (Å²) in [5.74, 6) is -0.148. The van der Waals surface area contributed by atoms with E-state index in [4.69, 9.17) is 30.0 Å². The van der Waals surface area contributed by atoms with Gasteiger partial charge in [0.15, 0.2) is 35.1 Å². The fraction of sp³-hybridized carbons (Fsp3) is 0.500. The van der Waals surface area contributed by atoms with E-state index < -0.39 is 75.7 Å². The van der Waals surface area contributed by atoms with Gasteiger partial charge in [0.25, 0.3) is 5.56 Å². The number of aromatic amines is 1. The van der Waals surface area contributed by atoms with Crippen LogP contribution in [0.4, 0.5) is 11.8 Å². The molecule has 2 fully saturated rings. The Morgan fingerprint density at radius 2 is 1.60 bits per heavy atom. The third kappa shape index (κ3) is 5.34. The van der Waals surface area contributed by atoms with Crippen LogP contribution >= 0.6 is 7.82 Å². The molecule has 23 heteroatoms. The summed E-state index contributed by atoms with van der Waals surface area (Å²) in [6.07, 6.45) is -8.01. The van der Waals surface area contributed by atoms with Gasteiger partial charge < -0.3 is 52.4 Å². The van der Waals surface area contributed by atoms with Crippen molar-refractivity contribution < 1.29 is 48.4 Å². The Kier molecular flexibility index (Phi) is 8.19. The number of ether oxygens (including phenoxy) is 2. The van der Waals surface area contributed by atoms with Gasteiger partial charge in [0.1, 0.15) is 48.5 Å². The number of nitrogens with two attached hydrogens (primary N) is 2. The van der Waals surface area contributed by atoms with Crippen molar-refractivity contribution in [2.24, 2.45) is 0 Å². The number of H-pyrrole nitrogens is 1. The van der Waals surface area contributed by atoms with E-state index >= 15 is 0 Å². The number of nitrogen functional groups attached to an aromatic ring is 2. The number of hydrogen-bond donors (Lipinski definition) is 9. The number of rotatable bonds is 8. The average Bonchev–Trinajstić information content (AvgIpc) is 3.69. The van der Waals surface area contributed by atoms with Gasteiger partial charge in [0.2, 0.25) is 5.95 Å². The SMILES string of the molecule is N.Nc1nc2c(ncn2C2OC(COP(=O)(O)OC3C(CO)OC(n4cnc5c(N)ncnc54)C3O)C(O)C2O)c(=O)[nH]1. The van der Waals surface area contributed by atoms with Crippen LogP contribution in [0.15, 0.2) is 23.8 Å². The first kappa shape index (κ1) is 30.8. The Morgan fingerprint density at radius 1 is 0.953 bits per heavy atom. The number of fused-ring (bicyclic) bond motifs is 2. The number of hydrogen-bond acceptors (Lipinski definition) is 18. The Morgan fingerprint density at radius 3 is 2.33 bits per heavy atom. The molecule has 9 atom stereocenters. The summed E-state index contributed by atoms with van der Waals surface area (Å²) in [7, 11) is -5.01. The molecule has 43 heavy (non-hydrogen) atoms. The van der Waals surface area contributed by atoms with Gasteiger partial charge in [-0.3, -0.25) is 28.0 Å². The van der Waals surface area contributed by atoms with Crippen LogP contribution in [0, 0.1) is 0 Å². The van der Waals surface area contributed by atoms with Gasteiger partial charge in [-0.1, -0.05) is 0 Å². The lowest BCUT2D eigenvalue weighted by molar-refractivity contribution is -0.0585. The minimum absolute atomic E-state index is 0. The van der Waals surface area contributed by atoms with Crippen LogP contribution < -0.4 is 23.2 Å². The fourth-order valence-corrected chi connectivity index (χ4v) is 5.82. The van der Waals surface area contributed by atoms with E-state index in [0.29, 0.717) is 0 Å². The van der Waals surface area contributed by atoms with E-state index in [0.717, 1.165) is 6.33 Å². The average molecular weight is 629 g/mol. The summed E-state index contributed by atoms with van der Waals surface area (Å²) in [5, 5.41) is 41.8. The van der Waals surface area contributed by atoms with Crippen LogP contribution in [-0.2, 0) is 23.1 Å². The summed E-state index contributed by atoms with van der Waals surface area (Å²) in [4.78, 5) is 44.6. The first-order chi connectivity index (χ1) is 20.0. The molecule has 0 saturated carbocycles. The lowest BCUT2D eigenvalue weighted by Crippen LogP contribution is -2.36. The van der Waals surface area contributed by atoms with Crippen molar-refractivity contribution in [3.63, 3.8) is 0 Å². The maximum atomic E-state index is 12.9. The first-order valence-electron chi connectivity index (χ1n) is 12.3. The number of phosphoric ester groups is 1. The Bertz CT molecular complexity index is 1730. The Labute approximate surface area is 239 Å². The second kappa shape index (κ2) is 11.4. The number of aliphatic hydroxyl groups is 4. The Hall–Kier alpha value is -3.67. The van der Waals surface area contributed by atoms with Gasteiger partial charge in [0, 0.05) is 0 Å². The molecule has 0 amide bonds. The summed E-state index contributed by atoms with van der Waals surface area (Å²) in [6, 6.07) is 0. The second-order valence-electron chi connectivity index (χ2n) is 9.48. The molecule has 0 bridgehead atoms. The number of aromatic nitrogens is 8. The first-order valence-corrected chi connectivity index (χ1v) is 13.8. The lowest BCUT2D eigenvalue weighted by Gasteiger charge is -2.23. The van der Waals surface area contributed by atoms with Crippen LogP contribution in [0.25, 0.3) is 22.3 Å². The molecule has 13 N–H and O–H groups in total. The molecule has 0 aromatic carbocycles. The van der Waals surface area contributed by atoms with Crippen LogP contribution in [0.5, 0.6) is 0 Å². The van der Waals surface area contributed by atoms with Gasteiger partial charge in [-0.05, 0) is 0 Å². The lowest BCUT2D eigenvalue weighted by atomic mass is 10.1. The number of anilines is 2. The van der Waals surface area contributed by atoms with Crippen LogP contribution in [-0.4, -0.2) is 114 Å². The van der Waals surface area contributed by atoms with Crippen molar-refractivity contribution in [2.75, 3.05) is 24.7 Å². The van der Waals surface area contributed by atoms with E-state index in [9.17, 15) is 34.7 Å². The molecule has 4 aromatic rings. The molecular weight excluding hydrogens is 601 g/mol. The number of nitrogens with zero attached hydrogens (tertiary/aromatic N) is 7. The summed E-state index contributed by atoms with van der Waals surface area (Å²) in [5.41, 5.74) is 11.0. The molecule has 0 spiro atoms. The standard InChI is InChI=1S/C20H25N10O11P.H3N/c21-14-8-15(24-3-23-14)29(4-25-8)19-12(34)13(6(1-31)39-19)41-42(36,37)38-2-7-10(32)11(33)18(40-7)30-5-26-9-16(30)27-20(22)28-17(9)35;/h3-7,10-13,18-19,31-34H,1-2H2,(H,36,37)(H2,21,23,24)(H3,22,27,28,35);1H3. The highest BCUT2D eigenvalue weighted by Gasteiger charge is 2.50. The molecule has 4 aromatic heterocycles. The number of aliphatic hydroxyl groups excluding tert-OH is 4. The summed E-state index contributed by atoms with van der Waals surface area (Å²) in [6.45, 7) is -1.47. The third-order valence-electron chi connectivity index (χ3n) is 6.87. The number of nitrogens with one attached hydrogen (secondary N) is 1. The predicted molar refractivity (Wildman–Crippen MR) is 141 cm³/mol. The topological polar surface area (TPSA) is 349 Å². The molecule has 22 nitrogen and oxygen atoms in total. The third-order valence-corrected chi connectivity index (χ3v) is 7.85.